The molecule has 0 radical (unpaired) electrons. The summed E-state index contributed by atoms with van der Waals surface area (Å²) < 4.78 is 5.89. The first-order valence-corrected chi connectivity index (χ1v) is 11.5. The molecule has 34 heavy (non-hydrogen) atoms. The molecule has 4 aromatic rings. The van der Waals surface area contributed by atoms with Gasteiger partial charge >= 0.3 is 6.03 Å². The number of carbonyl (C=O) groups excluding carboxylic acids is 3. The standard InChI is InChI=1S/C27H20N2O4S/c1-17(18-8-3-2-4-9-18)29-26(31)22(25(30)28-27(29)32)16-20-14-15-24(33-20)34-23-13-7-11-19-10-5-6-12-21(19)23/h2-17H,1H3,(H,28,30,32)/b22-16-/t17-/m0/s1. The molecule has 2 heterocycles. The molecule has 168 valence electrons. The number of imide groups is 2. The third-order valence-corrected chi connectivity index (χ3v) is 6.65. The predicted octanol–water partition coefficient (Wildman–Crippen LogP) is 5.81. The second-order valence-electron chi connectivity index (χ2n) is 7.82. The van der Waals surface area contributed by atoms with E-state index in [2.05, 4.69) is 5.32 Å². The van der Waals surface area contributed by atoms with Crippen LogP contribution in [0.25, 0.3) is 16.8 Å². The SMILES string of the molecule is C[C@@H](c1ccccc1)N1C(=O)NC(=O)/C(=C/c2ccc(Sc3cccc4ccccc34)o2)C1=O. The summed E-state index contributed by atoms with van der Waals surface area (Å²) in [6.45, 7) is 1.74. The zero-order chi connectivity index (χ0) is 23.7. The van der Waals surface area contributed by atoms with E-state index in [-0.39, 0.29) is 5.57 Å². The number of amides is 4. The molecule has 6 nitrogen and oxygen atoms in total. The topological polar surface area (TPSA) is 79.6 Å². The Morgan fingerprint density at radius 3 is 2.44 bits per heavy atom. The molecule has 0 aliphatic carbocycles. The third kappa shape index (κ3) is 4.13. The van der Waals surface area contributed by atoms with Gasteiger partial charge in [-0.1, -0.05) is 78.5 Å². The maximum atomic E-state index is 13.1. The molecule has 4 amide bonds. The molecule has 0 bridgehead atoms. The minimum atomic E-state index is -0.744. The number of fused-ring (bicyclic) bond motifs is 1. The predicted molar refractivity (Wildman–Crippen MR) is 130 cm³/mol. The lowest BCUT2D eigenvalue weighted by Gasteiger charge is -2.31. The van der Waals surface area contributed by atoms with Gasteiger partial charge < -0.3 is 4.42 Å². The van der Waals surface area contributed by atoms with Crippen molar-refractivity contribution >= 4 is 46.5 Å². The normalized spacial score (nSPS) is 16.2. The number of urea groups is 1. The van der Waals surface area contributed by atoms with Crippen LogP contribution in [0.3, 0.4) is 0 Å². The highest BCUT2D eigenvalue weighted by molar-refractivity contribution is 7.99. The summed E-state index contributed by atoms with van der Waals surface area (Å²) in [4.78, 5) is 40.2. The summed E-state index contributed by atoms with van der Waals surface area (Å²) in [5.74, 6) is -1.06. The zero-order valence-electron chi connectivity index (χ0n) is 18.2. The number of nitrogens with one attached hydrogen (secondary N) is 1. The van der Waals surface area contributed by atoms with Gasteiger partial charge in [-0.3, -0.25) is 19.8 Å². The first kappa shape index (κ1) is 21.7. The Kier molecular flexibility index (Phi) is 5.77. The second-order valence-corrected chi connectivity index (χ2v) is 8.86. The summed E-state index contributed by atoms with van der Waals surface area (Å²) in [5, 5.41) is 5.12. The molecule has 0 spiro atoms. The van der Waals surface area contributed by atoms with Gasteiger partial charge in [0.25, 0.3) is 11.8 Å². The first-order chi connectivity index (χ1) is 16.5. The fraction of sp³-hybridized carbons (Fsp3) is 0.0741. The van der Waals surface area contributed by atoms with Crippen LogP contribution in [0.15, 0.2) is 105 Å². The molecule has 1 N–H and O–H groups in total. The van der Waals surface area contributed by atoms with E-state index in [9.17, 15) is 14.4 Å². The zero-order valence-corrected chi connectivity index (χ0v) is 19.0. The van der Waals surface area contributed by atoms with E-state index in [1.54, 1.807) is 19.1 Å². The van der Waals surface area contributed by atoms with Gasteiger partial charge in [0, 0.05) is 4.90 Å². The van der Waals surface area contributed by atoms with E-state index in [1.165, 1.54) is 17.8 Å². The van der Waals surface area contributed by atoms with Gasteiger partial charge in [0.15, 0.2) is 5.09 Å². The van der Waals surface area contributed by atoms with Crippen molar-refractivity contribution in [2.24, 2.45) is 0 Å². The molecule has 5 rings (SSSR count). The van der Waals surface area contributed by atoms with Crippen molar-refractivity contribution in [2.45, 2.75) is 23.0 Å². The molecule has 1 fully saturated rings. The van der Waals surface area contributed by atoms with Crippen LogP contribution in [-0.4, -0.2) is 22.7 Å². The molecule has 7 heteroatoms. The van der Waals surface area contributed by atoms with Crippen molar-refractivity contribution in [1.29, 1.82) is 0 Å². The van der Waals surface area contributed by atoms with E-state index < -0.39 is 23.9 Å². The number of hydrogen-bond acceptors (Lipinski definition) is 5. The number of benzene rings is 3. The maximum Gasteiger partial charge on any atom is 0.331 e. The summed E-state index contributed by atoms with van der Waals surface area (Å²) in [5.41, 5.74) is 0.630. The highest BCUT2D eigenvalue weighted by atomic mass is 32.2. The number of rotatable bonds is 5. The quantitative estimate of drug-likeness (QED) is 0.295. The van der Waals surface area contributed by atoms with Gasteiger partial charge in [-0.05, 0) is 47.5 Å². The Morgan fingerprint density at radius 2 is 1.62 bits per heavy atom. The van der Waals surface area contributed by atoms with Crippen molar-refractivity contribution in [3.63, 3.8) is 0 Å². The maximum absolute atomic E-state index is 13.1. The molecule has 1 aromatic heterocycles. The Morgan fingerprint density at radius 1 is 0.882 bits per heavy atom. The van der Waals surface area contributed by atoms with Crippen LogP contribution in [0.1, 0.15) is 24.3 Å². The molecular weight excluding hydrogens is 448 g/mol. The lowest BCUT2D eigenvalue weighted by atomic mass is 10.0. The van der Waals surface area contributed by atoms with Crippen molar-refractivity contribution in [3.05, 3.63) is 102 Å². The van der Waals surface area contributed by atoms with Crippen molar-refractivity contribution in [1.82, 2.24) is 10.2 Å². The van der Waals surface area contributed by atoms with Gasteiger partial charge in [0.2, 0.25) is 0 Å². The van der Waals surface area contributed by atoms with Crippen molar-refractivity contribution in [2.75, 3.05) is 0 Å². The molecule has 0 saturated carbocycles. The minimum absolute atomic E-state index is 0.154. The van der Waals surface area contributed by atoms with E-state index in [0.717, 1.165) is 26.1 Å². The van der Waals surface area contributed by atoms with Crippen LogP contribution in [-0.2, 0) is 9.59 Å². The number of hydrogen-bond donors (Lipinski definition) is 1. The largest absolute Gasteiger partial charge is 0.450 e. The lowest BCUT2D eigenvalue weighted by Crippen LogP contribution is -2.54. The molecule has 1 atom stereocenters. The van der Waals surface area contributed by atoms with E-state index in [0.29, 0.717) is 10.9 Å². The smallest absolute Gasteiger partial charge is 0.331 e. The van der Waals surface area contributed by atoms with Crippen LogP contribution in [0, 0.1) is 0 Å². The molecule has 0 unspecified atom stereocenters. The number of furan rings is 1. The first-order valence-electron chi connectivity index (χ1n) is 10.7. The Bertz CT molecular complexity index is 1440. The average molecular weight is 469 g/mol. The highest BCUT2D eigenvalue weighted by Crippen LogP contribution is 2.35. The van der Waals surface area contributed by atoms with E-state index in [1.807, 2.05) is 72.8 Å². The molecule has 1 aliphatic heterocycles. The number of barbiturate groups is 1. The fourth-order valence-corrected chi connectivity index (χ4v) is 4.84. The van der Waals surface area contributed by atoms with Gasteiger partial charge in [0.05, 0.1) is 6.04 Å². The molecule has 1 saturated heterocycles. The third-order valence-electron chi connectivity index (χ3n) is 5.65. The summed E-state index contributed by atoms with van der Waals surface area (Å²) in [7, 11) is 0. The van der Waals surface area contributed by atoms with Crippen molar-refractivity contribution in [3.8, 4) is 0 Å². The van der Waals surface area contributed by atoms with Gasteiger partial charge in [-0.25, -0.2) is 4.79 Å². The van der Waals surface area contributed by atoms with Gasteiger partial charge in [-0.15, -0.1) is 0 Å². The van der Waals surface area contributed by atoms with Crippen molar-refractivity contribution < 1.29 is 18.8 Å². The lowest BCUT2D eigenvalue weighted by molar-refractivity contribution is -0.131. The highest BCUT2D eigenvalue weighted by Gasteiger charge is 2.39. The summed E-state index contributed by atoms with van der Waals surface area (Å²) in [6, 6.07) is 25.5. The fourth-order valence-electron chi connectivity index (χ4n) is 3.91. The van der Waals surface area contributed by atoms with Crippen LogP contribution in [0.5, 0.6) is 0 Å². The molecule has 1 aliphatic rings. The van der Waals surface area contributed by atoms with Gasteiger partial charge in [0.1, 0.15) is 11.3 Å². The molecule has 3 aromatic carbocycles. The second kappa shape index (κ2) is 9.03. The summed E-state index contributed by atoms with van der Waals surface area (Å²) >= 11 is 1.46. The van der Waals surface area contributed by atoms with Crippen LogP contribution < -0.4 is 5.32 Å². The average Bonchev–Trinajstić information content (AvgIpc) is 3.29. The number of carbonyl (C=O) groups is 3. The van der Waals surface area contributed by atoms with E-state index in [4.69, 9.17) is 4.42 Å². The summed E-state index contributed by atoms with van der Waals surface area (Å²) in [6.07, 6.45) is 1.38. The van der Waals surface area contributed by atoms with Gasteiger partial charge in [-0.2, -0.15) is 0 Å². The Balaban J connectivity index is 1.41. The van der Waals surface area contributed by atoms with Crippen LogP contribution >= 0.6 is 11.8 Å². The minimum Gasteiger partial charge on any atom is -0.450 e. The Hall–Kier alpha value is -4.10. The van der Waals surface area contributed by atoms with E-state index >= 15 is 0 Å². The Labute approximate surface area is 200 Å². The number of nitrogens with zero attached hydrogens (tertiary/aromatic N) is 1. The van der Waals surface area contributed by atoms with Crippen LogP contribution in [0.4, 0.5) is 4.79 Å². The molecular formula is C27H20N2O4S. The monoisotopic (exact) mass is 468 g/mol. The van der Waals surface area contributed by atoms with Crippen LogP contribution in [0.2, 0.25) is 0 Å².